The van der Waals surface area contributed by atoms with E-state index in [-0.39, 0.29) is 17.6 Å². The zero-order valence-electron chi connectivity index (χ0n) is 14.4. The average molecular weight is 362 g/mol. The van der Waals surface area contributed by atoms with E-state index in [0.29, 0.717) is 37.3 Å². The molecule has 1 saturated heterocycles. The SMILES string of the molecule is CN1NC(ON2CCC(O)CC2)C=C1C(=O)Nc1ccc(C(=O)O)cc1. The van der Waals surface area contributed by atoms with Gasteiger partial charge in [0, 0.05) is 25.8 Å². The Morgan fingerprint density at radius 2 is 1.88 bits per heavy atom. The van der Waals surface area contributed by atoms with Crippen LogP contribution in [0.4, 0.5) is 5.69 Å². The molecule has 1 amide bonds. The largest absolute Gasteiger partial charge is 0.478 e. The van der Waals surface area contributed by atoms with Crippen molar-refractivity contribution < 1.29 is 24.6 Å². The Morgan fingerprint density at radius 3 is 2.50 bits per heavy atom. The van der Waals surface area contributed by atoms with Crippen LogP contribution in [-0.2, 0) is 9.63 Å². The van der Waals surface area contributed by atoms with Crippen molar-refractivity contribution in [2.75, 3.05) is 25.5 Å². The number of aliphatic hydroxyl groups excluding tert-OH is 1. The Morgan fingerprint density at radius 1 is 1.23 bits per heavy atom. The molecule has 26 heavy (non-hydrogen) atoms. The molecule has 1 aromatic carbocycles. The highest BCUT2D eigenvalue weighted by atomic mass is 16.7. The number of aromatic carboxylic acids is 1. The van der Waals surface area contributed by atoms with Gasteiger partial charge in [0.05, 0.1) is 11.7 Å². The van der Waals surface area contributed by atoms with E-state index < -0.39 is 12.2 Å². The predicted molar refractivity (Wildman–Crippen MR) is 92.7 cm³/mol. The third-order valence-electron chi connectivity index (χ3n) is 4.30. The number of carbonyl (C=O) groups is 2. The molecule has 1 unspecified atom stereocenters. The molecule has 9 nitrogen and oxygen atoms in total. The van der Waals surface area contributed by atoms with Crippen molar-refractivity contribution in [3.63, 3.8) is 0 Å². The van der Waals surface area contributed by atoms with Crippen LogP contribution in [0.2, 0.25) is 0 Å². The summed E-state index contributed by atoms with van der Waals surface area (Å²) < 4.78 is 0. The highest BCUT2D eigenvalue weighted by molar-refractivity contribution is 6.03. The van der Waals surface area contributed by atoms with Crippen LogP contribution in [-0.4, -0.2) is 64.6 Å². The van der Waals surface area contributed by atoms with Crippen LogP contribution in [0.25, 0.3) is 0 Å². The number of nitrogens with zero attached hydrogens (tertiary/aromatic N) is 2. The monoisotopic (exact) mass is 362 g/mol. The Kier molecular flexibility index (Phi) is 5.52. The standard InChI is InChI=1S/C17H22N4O5/c1-20-14(10-15(19-20)26-21-8-6-13(22)7-9-21)16(23)18-12-4-2-11(3-5-12)17(24)25/h2-5,10,13,15,19,22H,6-9H2,1H3,(H,18,23)(H,24,25). The molecule has 4 N–H and O–H groups in total. The highest BCUT2D eigenvalue weighted by Crippen LogP contribution is 2.18. The Balaban J connectivity index is 1.58. The van der Waals surface area contributed by atoms with E-state index in [9.17, 15) is 14.7 Å². The molecule has 140 valence electrons. The van der Waals surface area contributed by atoms with Gasteiger partial charge in [0.1, 0.15) is 5.70 Å². The number of amides is 1. The van der Waals surface area contributed by atoms with Crippen molar-refractivity contribution in [3.8, 4) is 0 Å². The van der Waals surface area contributed by atoms with Gasteiger partial charge in [-0.25, -0.2) is 10.2 Å². The number of carbonyl (C=O) groups excluding carboxylic acids is 1. The number of carboxylic acid groups (broad SMARTS) is 1. The van der Waals surface area contributed by atoms with Gasteiger partial charge >= 0.3 is 5.97 Å². The molecule has 2 heterocycles. The molecule has 3 rings (SSSR count). The van der Waals surface area contributed by atoms with Crippen molar-refractivity contribution in [1.82, 2.24) is 15.5 Å². The van der Waals surface area contributed by atoms with E-state index in [1.54, 1.807) is 23.2 Å². The molecule has 0 saturated carbocycles. The molecule has 0 spiro atoms. The summed E-state index contributed by atoms with van der Waals surface area (Å²) in [6, 6.07) is 5.94. The fourth-order valence-electron chi connectivity index (χ4n) is 2.83. The van der Waals surface area contributed by atoms with Gasteiger partial charge in [-0.3, -0.25) is 9.63 Å². The number of likely N-dealkylation sites (N-methyl/N-ethyl adjacent to an activating group) is 1. The van der Waals surface area contributed by atoms with Gasteiger partial charge < -0.3 is 20.5 Å². The zero-order valence-corrected chi connectivity index (χ0v) is 14.4. The molecule has 0 aromatic heterocycles. The molecule has 1 atom stereocenters. The van der Waals surface area contributed by atoms with Crippen LogP contribution >= 0.6 is 0 Å². The number of nitrogens with one attached hydrogen (secondary N) is 2. The molecule has 1 aromatic rings. The lowest BCUT2D eigenvalue weighted by Gasteiger charge is -2.30. The third-order valence-corrected chi connectivity index (χ3v) is 4.30. The van der Waals surface area contributed by atoms with Crippen molar-refractivity contribution in [3.05, 3.63) is 41.6 Å². The first-order chi connectivity index (χ1) is 12.4. The molecule has 2 aliphatic heterocycles. The normalized spacial score (nSPS) is 21.5. The molecule has 0 bridgehead atoms. The van der Waals surface area contributed by atoms with Crippen molar-refractivity contribution in [2.45, 2.75) is 25.2 Å². The molecule has 1 fully saturated rings. The van der Waals surface area contributed by atoms with Crippen LogP contribution < -0.4 is 10.7 Å². The number of aliphatic hydroxyl groups is 1. The summed E-state index contributed by atoms with van der Waals surface area (Å²) in [5.41, 5.74) is 4.08. The third kappa shape index (κ3) is 4.38. The molecule has 2 aliphatic rings. The minimum absolute atomic E-state index is 0.155. The molecular weight excluding hydrogens is 340 g/mol. The van der Waals surface area contributed by atoms with Crippen molar-refractivity contribution in [1.29, 1.82) is 0 Å². The van der Waals surface area contributed by atoms with Gasteiger partial charge in [-0.1, -0.05) is 0 Å². The van der Waals surface area contributed by atoms with Crippen LogP contribution in [0.1, 0.15) is 23.2 Å². The number of rotatable bonds is 5. The summed E-state index contributed by atoms with van der Waals surface area (Å²) in [5.74, 6) is -1.35. The van der Waals surface area contributed by atoms with E-state index in [1.807, 2.05) is 0 Å². The van der Waals surface area contributed by atoms with Crippen LogP contribution in [0.15, 0.2) is 36.0 Å². The van der Waals surface area contributed by atoms with Gasteiger partial charge in [-0.2, -0.15) is 5.06 Å². The fourth-order valence-corrected chi connectivity index (χ4v) is 2.83. The lowest BCUT2D eigenvalue weighted by atomic mass is 10.1. The molecule has 0 aliphatic carbocycles. The summed E-state index contributed by atoms with van der Waals surface area (Å²) in [5, 5.41) is 24.5. The van der Waals surface area contributed by atoms with Gasteiger partial charge in [0.15, 0.2) is 6.23 Å². The second kappa shape index (κ2) is 7.83. The zero-order chi connectivity index (χ0) is 18.7. The quantitative estimate of drug-likeness (QED) is 0.594. The van der Waals surface area contributed by atoms with E-state index >= 15 is 0 Å². The highest BCUT2D eigenvalue weighted by Gasteiger charge is 2.28. The minimum atomic E-state index is -1.02. The second-order valence-corrected chi connectivity index (χ2v) is 6.26. The summed E-state index contributed by atoms with van der Waals surface area (Å²) in [6.07, 6.45) is 2.24. The number of piperidine rings is 1. The summed E-state index contributed by atoms with van der Waals surface area (Å²) >= 11 is 0. The maximum absolute atomic E-state index is 12.4. The van der Waals surface area contributed by atoms with Gasteiger partial charge in [-0.05, 0) is 43.2 Å². The van der Waals surface area contributed by atoms with Gasteiger partial charge in [-0.15, -0.1) is 0 Å². The summed E-state index contributed by atoms with van der Waals surface area (Å²) in [6.45, 7) is 1.27. The van der Waals surface area contributed by atoms with Crippen molar-refractivity contribution >= 4 is 17.6 Å². The smallest absolute Gasteiger partial charge is 0.335 e. The molecule has 0 radical (unpaired) electrons. The first-order valence-corrected chi connectivity index (χ1v) is 8.38. The Bertz CT molecular complexity index is 698. The average Bonchev–Trinajstić information content (AvgIpc) is 2.98. The van der Waals surface area contributed by atoms with Gasteiger partial charge in [0.2, 0.25) is 0 Å². The first-order valence-electron chi connectivity index (χ1n) is 8.38. The number of benzene rings is 1. The predicted octanol–water partition coefficient (Wildman–Crippen LogP) is 0.372. The van der Waals surface area contributed by atoms with E-state index in [0.717, 1.165) is 0 Å². The maximum atomic E-state index is 12.4. The number of hydrazine groups is 1. The summed E-state index contributed by atoms with van der Waals surface area (Å²) in [4.78, 5) is 29.1. The lowest BCUT2D eigenvalue weighted by Crippen LogP contribution is -2.44. The second-order valence-electron chi connectivity index (χ2n) is 6.26. The Hall–Kier alpha value is -2.46. The number of anilines is 1. The number of hydroxylamine groups is 2. The van der Waals surface area contributed by atoms with Crippen LogP contribution in [0.5, 0.6) is 0 Å². The number of hydrogen-bond donors (Lipinski definition) is 4. The first kappa shape index (κ1) is 18.3. The van der Waals surface area contributed by atoms with Gasteiger partial charge in [0.25, 0.3) is 5.91 Å². The van der Waals surface area contributed by atoms with Crippen LogP contribution in [0.3, 0.4) is 0 Å². The molecular formula is C17H22N4O5. The van der Waals surface area contributed by atoms with Crippen molar-refractivity contribution in [2.24, 2.45) is 0 Å². The number of hydrogen-bond acceptors (Lipinski definition) is 7. The topological polar surface area (TPSA) is 114 Å². The Labute approximate surface area is 150 Å². The summed E-state index contributed by atoms with van der Waals surface area (Å²) in [7, 11) is 1.71. The van der Waals surface area contributed by atoms with E-state index in [4.69, 9.17) is 9.94 Å². The molecule has 9 heteroatoms. The maximum Gasteiger partial charge on any atom is 0.335 e. The van der Waals surface area contributed by atoms with E-state index in [2.05, 4.69) is 10.7 Å². The van der Waals surface area contributed by atoms with Crippen LogP contribution in [0, 0.1) is 0 Å². The number of carboxylic acids is 1. The minimum Gasteiger partial charge on any atom is -0.478 e. The lowest BCUT2D eigenvalue weighted by molar-refractivity contribution is -0.212. The fraction of sp³-hybridized carbons (Fsp3) is 0.412. The van der Waals surface area contributed by atoms with E-state index in [1.165, 1.54) is 24.3 Å².